The first-order chi connectivity index (χ1) is 11.9. The van der Waals surface area contributed by atoms with E-state index in [2.05, 4.69) is 16.1 Å². The SMILES string of the molecule is CC(=O)Nc1ccc(C)c(S(=O)(=O)Nc2cccc3c2CCCC3)c1. The van der Waals surface area contributed by atoms with Crippen molar-refractivity contribution in [2.45, 2.75) is 44.4 Å². The van der Waals surface area contributed by atoms with Gasteiger partial charge in [0, 0.05) is 12.6 Å². The second kappa shape index (κ2) is 6.88. The minimum Gasteiger partial charge on any atom is -0.326 e. The molecule has 2 aromatic rings. The van der Waals surface area contributed by atoms with Crippen LogP contribution in [-0.2, 0) is 27.7 Å². The number of fused-ring (bicyclic) bond motifs is 1. The highest BCUT2D eigenvalue weighted by Crippen LogP contribution is 2.30. The number of carbonyl (C=O) groups excluding carboxylic acids is 1. The molecular weight excluding hydrogens is 336 g/mol. The Morgan fingerprint density at radius 1 is 1.08 bits per heavy atom. The Morgan fingerprint density at radius 2 is 1.84 bits per heavy atom. The predicted molar refractivity (Wildman–Crippen MR) is 99.4 cm³/mol. The number of nitrogens with one attached hydrogen (secondary N) is 2. The maximum absolute atomic E-state index is 12.9. The van der Waals surface area contributed by atoms with Crippen molar-refractivity contribution in [3.05, 3.63) is 53.1 Å². The van der Waals surface area contributed by atoms with Crippen LogP contribution in [0.2, 0.25) is 0 Å². The van der Waals surface area contributed by atoms with E-state index >= 15 is 0 Å². The lowest BCUT2D eigenvalue weighted by molar-refractivity contribution is -0.114. The lowest BCUT2D eigenvalue weighted by Crippen LogP contribution is -2.17. The van der Waals surface area contributed by atoms with Gasteiger partial charge in [0.2, 0.25) is 5.91 Å². The Hall–Kier alpha value is -2.34. The smallest absolute Gasteiger partial charge is 0.262 e. The molecular formula is C19H22N2O3S. The zero-order valence-corrected chi connectivity index (χ0v) is 15.2. The van der Waals surface area contributed by atoms with Gasteiger partial charge in [-0.1, -0.05) is 18.2 Å². The summed E-state index contributed by atoms with van der Waals surface area (Å²) in [7, 11) is -3.74. The number of amides is 1. The van der Waals surface area contributed by atoms with Crippen molar-refractivity contribution in [3.8, 4) is 0 Å². The number of rotatable bonds is 4. The number of benzene rings is 2. The van der Waals surface area contributed by atoms with E-state index in [0.29, 0.717) is 16.9 Å². The molecule has 1 aliphatic rings. The van der Waals surface area contributed by atoms with Gasteiger partial charge in [-0.2, -0.15) is 0 Å². The number of anilines is 2. The van der Waals surface area contributed by atoms with Gasteiger partial charge < -0.3 is 5.32 Å². The van der Waals surface area contributed by atoms with Gasteiger partial charge in [0.05, 0.1) is 10.6 Å². The van der Waals surface area contributed by atoms with Crippen LogP contribution in [0.4, 0.5) is 11.4 Å². The van der Waals surface area contributed by atoms with Crippen molar-refractivity contribution >= 4 is 27.3 Å². The molecule has 2 N–H and O–H groups in total. The molecule has 0 saturated carbocycles. The molecule has 0 unspecified atom stereocenters. The molecule has 0 spiro atoms. The number of sulfonamides is 1. The van der Waals surface area contributed by atoms with Gasteiger partial charge in [-0.3, -0.25) is 9.52 Å². The number of hydrogen-bond donors (Lipinski definition) is 2. The number of aryl methyl sites for hydroxylation is 2. The molecule has 25 heavy (non-hydrogen) atoms. The molecule has 132 valence electrons. The lowest BCUT2D eigenvalue weighted by Gasteiger charge is -2.20. The minimum atomic E-state index is -3.74. The van der Waals surface area contributed by atoms with E-state index in [9.17, 15) is 13.2 Å². The fraction of sp³-hybridized carbons (Fsp3) is 0.316. The second-order valence-corrected chi connectivity index (χ2v) is 8.07. The molecule has 0 fully saturated rings. The Labute approximate surface area is 148 Å². The molecule has 0 aliphatic heterocycles. The highest BCUT2D eigenvalue weighted by molar-refractivity contribution is 7.92. The monoisotopic (exact) mass is 358 g/mol. The standard InChI is InChI=1S/C19H22N2O3S/c1-13-10-11-16(20-14(2)22)12-19(13)25(23,24)21-18-9-5-7-15-6-3-4-8-17(15)18/h5,7,9-12,21H,3-4,6,8H2,1-2H3,(H,20,22). The summed E-state index contributed by atoms with van der Waals surface area (Å²) < 4.78 is 28.6. The van der Waals surface area contributed by atoms with Gasteiger partial charge in [-0.15, -0.1) is 0 Å². The topological polar surface area (TPSA) is 75.3 Å². The molecule has 5 nitrogen and oxygen atoms in total. The summed E-state index contributed by atoms with van der Waals surface area (Å²) in [5, 5.41) is 2.63. The van der Waals surface area contributed by atoms with Crippen LogP contribution in [0, 0.1) is 6.92 Å². The van der Waals surface area contributed by atoms with Crippen LogP contribution in [-0.4, -0.2) is 14.3 Å². The quantitative estimate of drug-likeness (QED) is 0.876. The van der Waals surface area contributed by atoms with Crippen molar-refractivity contribution in [3.63, 3.8) is 0 Å². The maximum atomic E-state index is 12.9. The van der Waals surface area contributed by atoms with Crippen molar-refractivity contribution < 1.29 is 13.2 Å². The summed E-state index contributed by atoms with van der Waals surface area (Å²) in [5.74, 6) is -0.239. The van der Waals surface area contributed by atoms with Gasteiger partial charge in [-0.05, 0) is 67.5 Å². The largest absolute Gasteiger partial charge is 0.326 e. The average molecular weight is 358 g/mol. The van der Waals surface area contributed by atoms with Gasteiger partial charge in [0.1, 0.15) is 0 Å². The summed E-state index contributed by atoms with van der Waals surface area (Å²) in [6.07, 6.45) is 4.09. The molecule has 0 saturated heterocycles. The van der Waals surface area contributed by atoms with Crippen molar-refractivity contribution in [2.24, 2.45) is 0 Å². The average Bonchev–Trinajstić information content (AvgIpc) is 2.56. The molecule has 1 amide bonds. The van der Waals surface area contributed by atoms with Crippen molar-refractivity contribution in [1.29, 1.82) is 0 Å². The van der Waals surface area contributed by atoms with E-state index in [-0.39, 0.29) is 10.8 Å². The third-order valence-electron chi connectivity index (χ3n) is 4.44. The fourth-order valence-electron chi connectivity index (χ4n) is 3.25. The summed E-state index contributed by atoms with van der Waals surface area (Å²) >= 11 is 0. The first-order valence-electron chi connectivity index (χ1n) is 8.38. The Kier molecular flexibility index (Phi) is 4.81. The van der Waals surface area contributed by atoms with E-state index in [0.717, 1.165) is 31.2 Å². The Balaban J connectivity index is 1.97. The molecule has 6 heteroatoms. The predicted octanol–water partition coefficient (Wildman–Crippen LogP) is 3.63. The van der Waals surface area contributed by atoms with E-state index in [1.54, 1.807) is 19.1 Å². The summed E-state index contributed by atoms with van der Waals surface area (Å²) in [4.78, 5) is 11.4. The van der Waals surface area contributed by atoms with Crippen LogP contribution in [0.15, 0.2) is 41.3 Å². The zero-order valence-electron chi connectivity index (χ0n) is 14.4. The van der Waals surface area contributed by atoms with Gasteiger partial charge in [-0.25, -0.2) is 8.42 Å². The van der Waals surface area contributed by atoms with Crippen LogP contribution in [0.3, 0.4) is 0 Å². The molecule has 3 rings (SSSR count). The number of hydrogen-bond acceptors (Lipinski definition) is 3. The molecule has 2 aromatic carbocycles. The maximum Gasteiger partial charge on any atom is 0.262 e. The zero-order chi connectivity index (χ0) is 18.0. The first-order valence-corrected chi connectivity index (χ1v) is 9.87. The molecule has 0 heterocycles. The third kappa shape index (κ3) is 3.85. The number of carbonyl (C=O) groups is 1. The molecule has 0 bridgehead atoms. The van der Waals surface area contributed by atoms with E-state index in [4.69, 9.17) is 0 Å². The molecule has 1 aliphatic carbocycles. The van der Waals surface area contributed by atoms with Crippen LogP contribution >= 0.6 is 0 Å². The van der Waals surface area contributed by atoms with E-state index in [1.807, 2.05) is 12.1 Å². The second-order valence-electron chi connectivity index (χ2n) is 6.42. The third-order valence-corrected chi connectivity index (χ3v) is 5.95. The summed E-state index contributed by atoms with van der Waals surface area (Å²) in [6, 6.07) is 10.7. The fourth-order valence-corrected chi connectivity index (χ4v) is 4.61. The van der Waals surface area contributed by atoms with E-state index < -0.39 is 10.0 Å². The van der Waals surface area contributed by atoms with Crippen LogP contribution < -0.4 is 10.0 Å². The Morgan fingerprint density at radius 3 is 2.60 bits per heavy atom. The first kappa shape index (κ1) is 17.5. The van der Waals surface area contributed by atoms with Crippen LogP contribution in [0.5, 0.6) is 0 Å². The molecule has 0 aromatic heterocycles. The van der Waals surface area contributed by atoms with Gasteiger partial charge in [0.15, 0.2) is 0 Å². The van der Waals surface area contributed by atoms with Crippen molar-refractivity contribution in [1.82, 2.24) is 0 Å². The van der Waals surface area contributed by atoms with Crippen molar-refractivity contribution in [2.75, 3.05) is 10.0 Å². The van der Waals surface area contributed by atoms with Gasteiger partial charge in [0.25, 0.3) is 10.0 Å². The normalized spacial score (nSPS) is 13.8. The molecule has 0 radical (unpaired) electrons. The van der Waals surface area contributed by atoms with E-state index in [1.165, 1.54) is 18.6 Å². The lowest BCUT2D eigenvalue weighted by atomic mass is 9.91. The minimum absolute atomic E-state index is 0.173. The molecule has 0 atom stereocenters. The highest BCUT2D eigenvalue weighted by atomic mass is 32.2. The Bertz CT molecular complexity index is 920. The van der Waals surface area contributed by atoms with Crippen LogP contribution in [0.25, 0.3) is 0 Å². The summed E-state index contributed by atoms with van der Waals surface area (Å²) in [5.41, 5.74) is 4.06. The van der Waals surface area contributed by atoms with Crippen LogP contribution in [0.1, 0.15) is 36.5 Å². The summed E-state index contributed by atoms with van der Waals surface area (Å²) in [6.45, 7) is 3.13. The van der Waals surface area contributed by atoms with Gasteiger partial charge >= 0.3 is 0 Å². The highest BCUT2D eigenvalue weighted by Gasteiger charge is 2.21.